The first-order chi connectivity index (χ1) is 8.20. The molecule has 0 aliphatic rings. The maximum Gasteiger partial charge on any atom is 0.0702 e. The van der Waals surface area contributed by atoms with Gasteiger partial charge in [0.2, 0.25) is 0 Å². The van der Waals surface area contributed by atoms with Crippen molar-refractivity contribution in [3.05, 3.63) is 42.1 Å². The van der Waals surface area contributed by atoms with E-state index in [1.807, 2.05) is 19.3 Å². The minimum Gasteiger partial charge on any atom is -0.317 e. The van der Waals surface area contributed by atoms with Crippen molar-refractivity contribution >= 4 is 10.9 Å². The average molecular weight is 228 g/mol. The summed E-state index contributed by atoms with van der Waals surface area (Å²) in [5, 5.41) is 4.51. The number of para-hydroxylation sites is 1. The average Bonchev–Trinajstić information content (AvgIpc) is 2.38. The summed E-state index contributed by atoms with van der Waals surface area (Å²) in [6, 6.07) is 11.1. The number of benzene rings is 1. The number of nitrogens with zero attached hydrogens (tertiary/aromatic N) is 1. The highest BCUT2D eigenvalue weighted by molar-refractivity contribution is 5.78. The molecule has 17 heavy (non-hydrogen) atoms. The molecule has 0 spiro atoms. The zero-order chi connectivity index (χ0) is 12.3. The second-order valence-electron chi connectivity index (χ2n) is 4.79. The number of hydrogen-bond acceptors (Lipinski definition) is 2. The Morgan fingerprint density at radius 2 is 2.00 bits per heavy atom. The van der Waals surface area contributed by atoms with Crippen molar-refractivity contribution in [2.45, 2.75) is 32.2 Å². The van der Waals surface area contributed by atoms with E-state index in [0.717, 1.165) is 11.9 Å². The van der Waals surface area contributed by atoms with E-state index in [1.165, 1.54) is 10.9 Å². The summed E-state index contributed by atoms with van der Waals surface area (Å²) >= 11 is 0. The van der Waals surface area contributed by atoms with Crippen LogP contribution in [-0.4, -0.2) is 18.1 Å². The van der Waals surface area contributed by atoms with Crippen LogP contribution in [0.4, 0.5) is 0 Å². The highest BCUT2D eigenvalue weighted by atomic mass is 14.8. The molecular weight excluding hydrogens is 208 g/mol. The molecule has 0 fully saturated rings. The van der Waals surface area contributed by atoms with Gasteiger partial charge in [-0.05, 0) is 44.0 Å². The fraction of sp³-hybridized carbons (Fsp3) is 0.400. The van der Waals surface area contributed by atoms with E-state index in [1.54, 1.807) is 0 Å². The Balaban J connectivity index is 2.23. The third kappa shape index (κ3) is 2.83. The van der Waals surface area contributed by atoms with Crippen LogP contribution in [0.2, 0.25) is 0 Å². The predicted molar refractivity (Wildman–Crippen MR) is 73.3 cm³/mol. The molecule has 1 N–H and O–H groups in total. The van der Waals surface area contributed by atoms with Crippen molar-refractivity contribution in [2.24, 2.45) is 0 Å². The van der Waals surface area contributed by atoms with Crippen LogP contribution in [0.25, 0.3) is 10.9 Å². The Hall–Kier alpha value is -1.41. The Morgan fingerprint density at radius 3 is 2.76 bits per heavy atom. The van der Waals surface area contributed by atoms with Gasteiger partial charge in [-0.1, -0.05) is 25.1 Å². The van der Waals surface area contributed by atoms with Gasteiger partial charge in [0.1, 0.15) is 0 Å². The van der Waals surface area contributed by atoms with Crippen LogP contribution >= 0.6 is 0 Å². The van der Waals surface area contributed by atoms with Gasteiger partial charge in [0.05, 0.1) is 5.52 Å². The molecule has 2 rings (SSSR count). The van der Waals surface area contributed by atoms with Crippen LogP contribution in [0.1, 0.15) is 31.7 Å². The Kier molecular flexibility index (Phi) is 3.75. The maximum absolute atomic E-state index is 4.51. The molecule has 0 amide bonds. The molecule has 0 radical (unpaired) electrons. The van der Waals surface area contributed by atoms with E-state index < -0.39 is 0 Å². The van der Waals surface area contributed by atoms with Crippen molar-refractivity contribution < 1.29 is 0 Å². The second-order valence-corrected chi connectivity index (χ2v) is 4.79. The Labute approximate surface area is 103 Å². The minimum absolute atomic E-state index is 0.537. The third-order valence-corrected chi connectivity index (χ3v) is 3.38. The van der Waals surface area contributed by atoms with Gasteiger partial charge >= 0.3 is 0 Å². The van der Waals surface area contributed by atoms with Crippen molar-refractivity contribution in [2.75, 3.05) is 7.05 Å². The molecule has 1 aromatic carbocycles. The van der Waals surface area contributed by atoms with E-state index in [4.69, 9.17) is 0 Å². The predicted octanol–water partition coefficient (Wildman–Crippen LogP) is 3.34. The highest BCUT2D eigenvalue weighted by Crippen LogP contribution is 2.23. The molecule has 0 aliphatic carbocycles. The monoisotopic (exact) mass is 228 g/mol. The first kappa shape index (κ1) is 12.1. The lowest BCUT2D eigenvalue weighted by Gasteiger charge is -2.17. The van der Waals surface area contributed by atoms with Crippen LogP contribution in [0, 0.1) is 0 Å². The van der Waals surface area contributed by atoms with E-state index >= 15 is 0 Å². The molecule has 0 bridgehead atoms. The van der Waals surface area contributed by atoms with Gasteiger partial charge in [-0.3, -0.25) is 4.98 Å². The zero-order valence-electron chi connectivity index (χ0n) is 10.8. The summed E-state index contributed by atoms with van der Waals surface area (Å²) < 4.78 is 0. The molecule has 1 heterocycles. The molecule has 2 nitrogen and oxygen atoms in total. The van der Waals surface area contributed by atoms with Gasteiger partial charge < -0.3 is 5.32 Å². The van der Waals surface area contributed by atoms with Gasteiger partial charge in [0.15, 0.2) is 0 Å². The smallest absolute Gasteiger partial charge is 0.0702 e. The van der Waals surface area contributed by atoms with E-state index in [-0.39, 0.29) is 0 Å². The Bertz CT molecular complexity index is 493. The summed E-state index contributed by atoms with van der Waals surface area (Å²) in [6.45, 7) is 4.48. The van der Waals surface area contributed by atoms with Gasteiger partial charge in [0, 0.05) is 17.6 Å². The first-order valence-electron chi connectivity index (χ1n) is 6.22. The van der Waals surface area contributed by atoms with Gasteiger partial charge in [-0.15, -0.1) is 0 Å². The van der Waals surface area contributed by atoms with Gasteiger partial charge in [-0.25, -0.2) is 0 Å². The SMILES string of the molecule is CNC(C)CC(C)c1cnc2ccccc2c1. The number of nitrogens with one attached hydrogen (secondary N) is 1. The molecule has 0 saturated carbocycles. The number of pyridine rings is 1. The van der Waals surface area contributed by atoms with Crippen LogP contribution in [-0.2, 0) is 0 Å². The lowest BCUT2D eigenvalue weighted by Crippen LogP contribution is -2.22. The fourth-order valence-corrected chi connectivity index (χ4v) is 2.14. The molecule has 0 saturated heterocycles. The zero-order valence-corrected chi connectivity index (χ0v) is 10.8. The molecule has 90 valence electrons. The third-order valence-electron chi connectivity index (χ3n) is 3.38. The number of rotatable bonds is 4. The minimum atomic E-state index is 0.537. The number of fused-ring (bicyclic) bond motifs is 1. The molecule has 2 unspecified atom stereocenters. The van der Waals surface area contributed by atoms with E-state index in [0.29, 0.717) is 12.0 Å². The standard InChI is InChI=1S/C15H20N2/c1-11(8-12(2)16-3)14-9-13-6-4-5-7-15(13)17-10-14/h4-7,9-12,16H,8H2,1-3H3. The lowest BCUT2D eigenvalue weighted by molar-refractivity contribution is 0.515. The molecule has 1 aromatic heterocycles. The molecule has 2 aromatic rings. The topological polar surface area (TPSA) is 24.9 Å². The number of aromatic nitrogens is 1. The summed E-state index contributed by atoms with van der Waals surface area (Å²) in [6.07, 6.45) is 3.14. The van der Waals surface area contributed by atoms with Crippen molar-refractivity contribution in [1.29, 1.82) is 0 Å². The molecule has 2 atom stereocenters. The summed E-state index contributed by atoms with van der Waals surface area (Å²) in [5.74, 6) is 0.537. The van der Waals surface area contributed by atoms with E-state index in [2.05, 4.69) is 48.4 Å². The largest absolute Gasteiger partial charge is 0.317 e. The first-order valence-corrected chi connectivity index (χ1v) is 6.22. The normalized spacial score (nSPS) is 14.8. The summed E-state index contributed by atoms with van der Waals surface area (Å²) in [7, 11) is 2.01. The van der Waals surface area contributed by atoms with Crippen LogP contribution in [0.5, 0.6) is 0 Å². The van der Waals surface area contributed by atoms with Crippen LogP contribution in [0.3, 0.4) is 0 Å². The highest BCUT2D eigenvalue weighted by Gasteiger charge is 2.10. The fourth-order valence-electron chi connectivity index (χ4n) is 2.14. The van der Waals surface area contributed by atoms with Crippen LogP contribution in [0.15, 0.2) is 36.5 Å². The lowest BCUT2D eigenvalue weighted by atomic mass is 9.95. The van der Waals surface area contributed by atoms with Crippen LogP contribution < -0.4 is 5.32 Å². The van der Waals surface area contributed by atoms with Crippen molar-refractivity contribution in [3.63, 3.8) is 0 Å². The summed E-state index contributed by atoms with van der Waals surface area (Å²) in [5.41, 5.74) is 2.40. The second kappa shape index (κ2) is 5.28. The molecule has 0 aliphatic heterocycles. The maximum atomic E-state index is 4.51. The van der Waals surface area contributed by atoms with E-state index in [9.17, 15) is 0 Å². The Morgan fingerprint density at radius 1 is 1.24 bits per heavy atom. The van der Waals surface area contributed by atoms with Crippen molar-refractivity contribution in [3.8, 4) is 0 Å². The number of hydrogen-bond donors (Lipinski definition) is 1. The summed E-state index contributed by atoms with van der Waals surface area (Å²) in [4.78, 5) is 4.51. The molecular formula is C15H20N2. The van der Waals surface area contributed by atoms with Gasteiger partial charge in [-0.2, -0.15) is 0 Å². The molecule has 2 heteroatoms. The quantitative estimate of drug-likeness (QED) is 0.868. The van der Waals surface area contributed by atoms with Gasteiger partial charge in [0.25, 0.3) is 0 Å². The van der Waals surface area contributed by atoms with Crippen molar-refractivity contribution in [1.82, 2.24) is 10.3 Å².